The highest BCUT2D eigenvalue weighted by molar-refractivity contribution is 5.73. The van der Waals surface area contributed by atoms with E-state index in [4.69, 9.17) is 4.74 Å². The zero-order chi connectivity index (χ0) is 25.3. The van der Waals surface area contributed by atoms with Gasteiger partial charge in [0, 0.05) is 31.1 Å². The number of carboxylic acid groups (broad SMARTS) is 1. The molecule has 0 aromatic heterocycles. The summed E-state index contributed by atoms with van der Waals surface area (Å²) in [6, 6.07) is 11.5. The second-order valence-corrected chi connectivity index (χ2v) is 11.6. The van der Waals surface area contributed by atoms with Gasteiger partial charge in [-0.3, -0.25) is 4.79 Å². The number of likely N-dealkylation sites (tertiary alicyclic amines) is 1. The molecule has 0 spiro atoms. The fraction of sp³-hybridized carbons (Fsp3) is 0.724. The Labute approximate surface area is 211 Å². The summed E-state index contributed by atoms with van der Waals surface area (Å²) in [5.74, 6) is -1.41. The molecule has 1 amide bonds. The standard InChI is InChI=1S/C17H23NO4.C12H23N/c1-17(2,3)22-16(21)18-10-13(9-14(11-18)15(19)20)12-7-5-4-6-8-12;1-3-7-11(8-4-1)13-12-9-5-2-6-10-12/h4-8,13-14H,9-11H2,1-3H3,(H,19,20);11-13H,1-10H2. The zero-order valence-electron chi connectivity index (χ0n) is 22.0. The normalized spacial score (nSPS) is 24.3. The molecule has 1 aromatic carbocycles. The third-order valence-corrected chi connectivity index (χ3v) is 7.40. The van der Waals surface area contributed by atoms with Crippen LogP contribution in [0.15, 0.2) is 30.3 Å². The quantitative estimate of drug-likeness (QED) is 0.518. The van der Waals surface area contributed by atoms with E-state index in [9.17, 15) is 14.7 Å². The first-order valence-corrected chi connectivity index (χ1v) is 13.7. The summed E-state index contributed by atoms with van der Waals surface area (Å²) in [6.45, 7) is 6.10. The van der Waals surface area contributed by atoms with Crippen LogP contribution in [-0.2, 0) is 9.53 Å². The molecule has 2 aliphatic carbocycles. The van der Waals surface area contributed by atoms with Crippen LogP contribution in [0, 0.1) is 5.92 Å². The molecular weight excluding hydrogens is 440 g/mol. The monoisotopic (exact) mass is 486 g/mol. The van der Waals surface area contributed by atoms with Crippen LogP contribution in [0.2, 0.25) is 0 Å². The fourth-order valence-electron chi connectivity index (χ4n) is 5.59. The lowest BCUT2D eigenvalue weighted by Gasteiger charge is -2.37. The van der Waals surface area contributed by atoms with Crippen molar-refractivity contribution in [1.29, 1.82) is 0 Å². The molecule has 1 saturated heterocycles. The average Bonchev–Trinajstić information content (AvgIpc) is 2.85. The van der Waals surface area contributed by atoms with Gasteiger partial charge in [-0.05, 0) is 58.4 Å². The van der Waals surface area contributed by atoms with Crippen LogP contribution in [0.25, 0.3) is 0 Å². The molecule has 2 saturated carbocycles. The Bertz CT molecular complexity index is 764. The number of aliphatic carboxylic acids is 1. The Morgan fingerprint density at radius 2 is 1.43 bits per heavy atom. The van der Waals surface area contributed by atoms with E-state index < -0.39 is 23.6 Å². The summed E-state index contributed by atoms with van der Waals surface area (Å²) in [6.07, 6.45) is 14.7. The van der Waals surface area contributed by atoms with Crippen LogP contribution < -0.4 is 5.32 Å². The minimum Gasteiger partial charge on any atom is -0.481 e. The molecule has 196 valence electrons. The molecule has 1 aliphatic heterocycles. The number of nitrogens with zero attached hydrogens (tertiary/aromatic N) is 1. The maximum atomic E-state index is 12.3. The molecule has 4 rings (SSSR count). The Morgan fingerprint density at radius 3 is 1.91 bits per heavy atom. The van der Waals surface area contributed by atoms with Gasteiger partial charge in [0.1, 0.15) is 5.60 Å². The minimum atomic E-state index is -0.866. The topological polar surface area (TPSA) is 78.9 Å². The van der Waals surface area contributed by atoms with E-state index in [2.05, 4.69) is 5.32 Å². The van der Waals surface area contributed by atoms with Gasteiger partial charge in [0.25, 0.3) is 0 Å². The van der Waals surface area contributed by atoms with Gasteiger partial charge in [0.15, 0.2) is 0 Å². The third kappa shape index (κ3) is 9.47. The highest BCUT2D eigenvalue weighted by Crippen LogP contribution is 2.31. The largest absolute Gasteiger partial charge is 0.481 e. The molecule has 3 fully saturated rings. The fourth-order valence-corrected chi connectivity index (χ4v) is 5.59. The van der Waals surface area contributed by atoms with Crippen molar-refractivity contribution >= 4 is 12.1 Å². The number of benzene rings is 1. The summed E-state index contributed by atoms with van der Waals surface area (Å²) in [5, 5.41) is 13.2. The van der Waals surface area contributed by atoms with E-state index in [0.717, 1.165) is 17.6 Å². The van der Waals surface area contributed by atoms with E-state index in [1.807, 2.05) is 30.3 Å². The van der Waals surface area contributed by atoms with Gasteiger partial charge in [-0.25, -0.2) is 4.79 Å². The van der Waals surface area contributed by atoms with E-state index in [-0.39, 0.29) is 12.5 Å². The molecule has 2 atom stereocenters. The predicted molar refractivity (Wildman–Crippen MR) is 140 cm³/mol. The highest BCUT2D eigenvalue weighted by Gasteiger charge is 2.36. The summed E-state index contributed by atoms with van der Waals surface area (Å²) in [7, 11) is 0. The van der Waals surface area contributed by atoms with Gasteiger partial charge in [0.2, 0.25) is 0 Å². The first kappa shape index (κ1) is 27.5. The first-order chi connectivity index (χ1) is 16.7. The molecule has 2 unspecified atom stereocenters. The maximum absolute atomic E-state index is 12.3. The smallest absolute Gasteiger partial charge is 0.410 e. The van der Waals surface area contributed by atoms with Crippen molar-refractivity contribution in [2.75, 3.05) is 13.1 Å². The SMILES string of the molecule is C1CCC(NC2CCCCC2)CC1.CC(C)(C)OC(=O)N1CC(C(=O)O)CC(c2ccccc2)C1. The maximum Gasteiger partial charge on any atom is 0.410 e. The van der Waals surface area contributed by atoms with Crippen LogP contribution in [0.3, 0.4) is 0 Å². The number of carbonyl (C=O) groups excluding carboxylic acids is 1. The van der Waals surface area contributed by atoms with Crippen molar-refractivity contribution in [3.8, 4) is 0 Å². The molecule has 35 heavy (non-hydrogen) atoms. The van der Waals surface area contributed by atoms with Gasteiger partial charge in [0.05, 0.1) is 5.92 Å². The number of nitrogens with one attached hydrogen (secondary N) is 1. The van der Waals surface area contributed by atoms with Crippen LogP contribution in [0.5, 0.6) is 0 Å². The number of piperidine rings is 1. The number of carboxylic acids is 1. The molecule has 3 aliphatic rings. The summed E-state index contributed by atoms with van der Waals surface area (Å²) >= 11 is 0. The Hall–Kier alpha value is -2.08. The molecular formula is C29H46N2O4. The first-order valence-electron chi connectivity index (χ1n) is 13.7. The Balaban J connectivity index is 0.000000223. The molecule has 1 heterocycles. The lowest BCUT2D eigenvalue weighted by atomic mass is 9.85. The van der Waals surface area contributed by atoms with Gasteiger partial charge >= 0.3 is 12.1 Å². The van der Waals surface area contributed by atoms with E-state index in [0.29, 0.717) is 13.0 Å². The van der Waals surface area contributed by atoms with Gasteiger partial charge < -0.3 is 20.1 Å². The van der Waals surface area contributed by atoms with Crippen molar-refractivity contribution in [2.45, 2.75) is 115 Å². The lowest BCUT2D eigenvalue weighted by Crippen LogP contribution is -2.47. The predicted octanol–water partition coefficient (Wildman–Crippen LogP) is 6.35. The van der Waals surface area contributed by atoms with Crippen molar-refractivity contribution in [3.63, 3.8) is 0 Å². The van der Waals surface area contributed by atoms with E-state index in [1.165, 1.54) is 69.1 Å². The number of carbonyl (C=O) groups is 2. The molecule has 2 N–H and O–H groups in total. The second kappa shape index (κ2) is 13.3. The lowest BCUT2D eigenvalue weighted by molar-refractivity contribution is -0.143. The van der Waals surface area contributed by atoms with Crippen LogP contribution in [0.1, 0.15) is 103 Å². The number of hydrogen-bond acceptors (Lipinski definition) is 4. The minimum absolute atomic E-state index is 0.0172. The molecule has 6 nitrogen and oxygen atoms in total. The van der Waals surface area contributed by atoms with Gasteiger partial charge in [-0.15, -0.1) is 0 Å². The second-order valence-electron chi connectivity index (χ2n) is 11.6. The molecule has 0 radical (unpaired) electrons. The zero-order valence-corrected chi connectivity index (χ0v) is 22.0. The summed E-state index contributed by atoms with van der Waals surface area (Å²) in [5.41, 5.74) is 0.470. The average molecular weight is 487 g/mol. The van der Waals surface area contributed by atoms with Crippen LogP contribution in [0.4, 0.5) is 4.79 Å². The van der Waals surface area contributed by atoms with Crippen LogP contribution in [-0.4, -0.2) is 52.8 Å². The van der Waals surface area contributed by atoms with Crippen molar-refractivity contribution < 1.29 is 19.4 Å². The van der Waals surface area contributed by atoms with Gasteiger partial charge in [-0.2, -0.15) is 0 Å². The Morgan fingerprint density at radius 1 is 0.886 bits per heavy atom. The van der Waals surface area contributed by atoms with E-state index in [1.54, 1.807) is 20.8 Å². The number of amides is 1. The number of rotatable bonds is 4. The summed E-state index contributed by atoms with van der Waals surface area (Å²) < 4.78 is 5.38. The van der Waals surface area contributed by atoms with Crippen molar-refractivity contribution in [2.24, 2.45) is 5.92 Å². The summed E-state index contributed by atoms with van der Waals surface area (Å²) in [4.78, 5) is 25.2. The van der Waals surface area contributed by atoms with Crippen molar-refractivity contribution in [1.82, 2.24) is 10.2 Å². The van der Waals surface area contributed by atoms with E-state index >= 15 is 0 Å². The molecule has 6 heteroatoms. The number of ether oxygens (including phenoxy) is 1. The molecule has 1 aromatic rings. The number of hydrogen-bond donors (Lipinski definition) is 2. The van der Waals surface area contributed by atoms with Crippen LogP contribution >= 0.6 is 0 Å². The third-order valence-electron chi connectivity index (χ3n) is 7.40. The van der Waals surface area contributed by atoms with Crippen molar-refractivity contribution in [3.05, 3.63) is 35.9 Å². The highest BCUT2D eigenvalue weighted by atomic mass is 16.6. The Kier molecular flexibility index (Phi) is 10.4. The molecule has 0 bridgehead atoms. The van der Waals surface area contributed by atoms with Gasteiger partial charge in [-0.1, -0.05) is 68.9 Å².